The number of aliphatic imine (C=N–C) groups is 1. The molecule has 0 radical (unpaired) electrons. The molecule has 0 fully saturated rings. The van der Waals surface area contributed by atoms with Gasteiger partial charge >= 0.3 is 0 Å². The van der Waals surface area contributed by atoms with Crippen molar-refractivity contribution in [1.29, 1.82) is 0 Å². The van der Waals surface area contributed by atoms with E-state index in [-0.39, 0.29) is 4.90 Å². The summed E-state index contributed by atoms with van der Waals surface area (Å²) in [6, 6.07) is 11.0. The normalized spacial score (nSPS) is 14.8. The van der Waals surface area contributed by atoms with Gasteiger partial charge < -0.3 is 5.32 Å². The summed E-state index contributed by atoms with van der Waals surface area (Å²) in [4.78, 5) is 16.6. The average Bonchev–Trinajstić information content (AvgIpc) is 2.96. The molecule has 2 aromatic carbocycles. The van der Waals surface area contributed by atoms with E-state index in [1.54, 1.807) is 36.4 Å². The van der Waals surface area contributed by atoms with E-state index in [2.05, 4.69) is 15.0 Å². The van der Waals surface area contributed by atoms with Crippen LogP contribution in [0.4, 0.5) is 5.69 Å². The Kier molecular flexibility index (Phi) is 7.53. The minimum Gasteiger partial charge on any atom is -0.322 e. The van der Waals surface area contributed by atoms with Crippen molar-refractivity contribution in [2.75, 3.05) is 11.9 Å². The van der Waals surface area contributed by atoms with Gasteiger partial charge in [-0.05, 0) is 54.8 Å². The summed E-state index contributed by atoms with van der Waals surface area (Å²) in [5.74, 6) is 0.0568. The Morgan fingerprint density at radius 2 is 1.90 bits per heavy atom. The number of anilines is 1. The van der Waals surface area contributed by atoms with E-state index in [9.17, 15) is 13.2 Å². The largest absolute Gasteiger partial charge is 0.322 e. The SMILES string of the molecule is O=C(C=Cc1ccc(Cl)cc1Cl)Nc1cccc(S(=O)(=O)NC2=NCCCCC2)c1. The Bertz CT molecular complexity index is 1100. The molecule has 30 heavy (non-hydrogen) atoms. The summed E-state index contributed by atoms with van der Waals surface area (Å²) in [7, 11) is -3.78. The van der Waals surface area contributed by atoms with Crippen molar-refractivity contribution in [1.82, 2.24) is 4.72 Å². The van der Waals surface area contributed by atoms with Gasteiger partial charge in [0.1, 0.15) is 5.84 Å². The van der Waals surface area contributed by atoms with Crippen LogP contribution in [0.15, 0.2) is 58.4 Å². The Morgan fingerprint density at radius 1 is 1.07 bits per heavy atom. The van der Waals surface area contributed by atoms with Gasteiger partial charge in [-0.1, -0.05) is 41.8 Å². The maximum Gasteiger partial charge on any atom is 0.262 e. The van der Waals surface area contributed by atoms with Crippen LogP contribution in [0.1, 0.15) is 31.2 Å². The molecule has 9 heteroatoms. The summed E-state index contributed by atoms with van der Waals surface area (Å²) >= 11 is 11.9. The second kappa shape index (κ2) is 10.1. The molecule has 0 unspecified atom stereocenters. The fraction of sp³-hybridized carbons (Fsp3) is 0.238. The van der Waals surface area contributed by atoms with E-state index in [0.29, 0.717) is 40.1 Å². The van der Waals surface area contributed by atoms with Gasteiger partial charge in [0.05, 0.1) is 4.90 Å². The molecule has 0 spiro atoms. The van der Waals surface area contributed by atoms with Gasteiger partial charge in [-0.15, -0.1) is 0 Å². The molecule has 0 aromatic heterocycles. The third-order valence-corrected chi connectivity index (χ3v) is 6.36. The quantitative estimate of drug-likeness (QED) is 0.615. The van der Waals surface area contributed by atoms with Crippen LogP contribution in [-0.4, -0.2) is 26.7 Å². The van der Waals surface area contributed by atoms with Gasteiger partial charge in [0, 0.05) is 34.8 Å². The Labute approximate surface area is 186 Å². The third kappa shape index (κ3) is 6.32. The molecule has 0 saturated heterocycles. The van der Waals surface area contributed by atoms with Crippen molar-refractivity contribution in [3.05, 3.63) is 64.1 Å². The molecule has 1 aliphatic heterocycles. The standard InChI is InChI=1S/C21H21Cl2N3O3S/c22-16-10-8-15(19(23)13-16)9-11-21(27)25-17-5-4-6-18(14-17)30(28,29)26-20-7-2-1-3-12-24-20/h4-6,8-11,13-14H,1-3,7,12H2,(H,24,26)(H,25,27). The fourth-order valence-electron chi connectivity index (χ4n) is 2.90. The predicted molar refractivity (Wildman–Crippen MR) is 122 cm³/mol. The van der Waals surface area contributed by atoms with Crippen molar-refractivity contribution in [3.63, 3.8) is 0 Å². The fourth-order valence-corrected chi connectivity index (χ4v) is 4.50. The van der Waals surface area contributed by atoms with E-state index < -0.39 is 15.9 Å². The lowest BCUT2D eigenvalue weighted by Gasteiger charge is -2.11. The molecule has 158 valence electrons. The first kappa shape index (κ1) is 22.3. The zero-order valence-electron chi connectivity index (χ0n) is 16.1. The summed E-state index contributed by atoms with van der Waals surface area (Å²) < 4.78 is 27.9. The molecule has 0 saturated carbocycles. The molecule has 0 aliphatic carbocycles. The van der Waals surface area contributed by atoms with Crippen molar-refractivity contribution in [2.45, 2.75) is 30.6 Å². The molecule has 0 bridgehead atoms. The molecular formula is C21H21Cl2N3O3S. The zero-order chi connectivity index (χ0) is 21.6. The molecule has 3 rings (SSSR count). The van der Waals surface area contributed by atoms with Gasteiger partial charge in [-0.2, -0.15) is 0 Å². The van der Waals surface area contributed by atoms with E-state index >= 15 is 0 Å². The molecule has 1 amide bonds. The number of rotatable bonds is 5. The Morgan fingerprint density at radius 3 is 2.70 bits per heavy atom. The highest BCUT2D eigenvalue weighted by Crippen LogP contribution is 2.22. The predicted octanol–water partition coefficient (Wildman–Crippen LogP) is 4.90. The van der Waals surface area contributed by atoms with Crippen molar-refractivity contribution < 1.29 is 13.2 Å². The van der Waals surface area contributed by atoms with Crippen LogP contribution < -0.4 is 10.0 Å². The van der Waals surface area contributed by atoms with Gasteiger partial charge in [-0.25, -0.2) is 8.42 Å². The summed E-state index contributed by atoms with van der Waals surface area (Å²) in [5, 5.41) is 3.58. The van der Waals surface area contributed by atoms with Crippen molar-refractivity contribution >= 4 is 56.7 Å². The van der Waals surface area contributed by atoms with Gasteiger partial charge in [-0.3, -0.25) is 14.5 Å². The highest BCUT2D eigenvalue weighted by Gasteiger charge is 2.17. The number of hydrogen-bond donors (Lipinski definition) is 2. The maximum absolute atomic E-state index is 12.7. The lowest BCUT2D eigenvalue weighted by atomic mass is 10.2. The van der Waals surface area contributed by atoms with Crippen LogP contribution in [0.2, 0.25) is 10.0 Å². The number of carbonyl (C=O) groups excluding carboxylic acids is 1. The average molecular weight is 466 g/mol. The summed E-state index contributed by atoms with van der Waals surface area (Å²) in [6.07, 6.45) is 6.37. The minimum atomic E-state index is -3.78. The number of nitrogens with zero attached hydrogens (tertiary/aromatic N) is 1. The molecule has 1 heterocycles. The molecule has 1 aliphatic rings. The number of benzene rings is 2. The topological polar surface area (TPSA) is 87.6 Å². The number of halogens is 2. The lowest BCUT2D eigenvalue weighted by molar-refractivity contribution is -0.111. The second-order valence-corrected chi connectivity index (χ2v) is 9.29. The van der Waals surface area contributed by atoms with E-state index in [1.165, 1.54) is 18.2 Å². The van der Waals surface area contributed by atoms with E-state index in [1.807, 2.05) is 0 Å². The summed E-state index contributed by atoms with van der Waals surface area (Å²) in [6.45, 7) is 0.623. The number of nitrogens with one attached hydrogen (secondary N) is 2. The molecular weight excluding hydrogens is 445 g/mol. The monoisotopic (exact) mass is 465 g/mol. The number of amidine groups is 1. The first-order chi connectivity index (χ1) is 14.3. The maximum atomic E-state index is 12.7. The minimum absolute atomic E-state index is 0.0528. The molecule has 6 nitrogen and oxygen atoms in total. The Hall–Kier alpha value is -2.35. The second-order valence-electron chi connectivity index (χ2n) is 6.76. The van der Waals surface area contributed by atoms with Crippen LogP contribution >= 0.6 is 23.2 Å². The van der Waals surface area contributed by atoms with Crippen molar-refractivity contribution in [2.24, 2.45) is 4.99 Å². The first-order valence-corrected chi connectivity index (χ1v) is 11.7. The number of amides is 1. The zero-order valence-corrected chi connectivity index (χ0v) is 18.4. The number of hydrogen-bond acceptors (Lipinski definition) is 4. The van der Waals surface area contributed by atoms with E-state index in [0.717, 1.165) is 19.3 Å². The molecule has 0 atom stereocenters. The smallest absolute Gasteiger partial charge is 0.262 e. The molecule has 2 N–H and O–H groups in total. The first-order valence-electron chi connectivity index (χ1n) is 9.44. The lowest BCUT2D eigenvalue weighted by Crippen LogP contribution is -2.30. The van der Waals surface area contributed by atoms with E-state index in [4.69, 9.17) is 23.2 Å². The third-order valence-electron chi connectivity index (χ3n) is 4.42. The van der Waals surface area contributed by atoms with Crippen molar-refractivity contribution in [3.8, 4) is 0 Å². The van der Waals surface area contributed by atoms with Crippen LogP contribution in [0, 0.1) is 0 Å². The highest BCUT2D eigenvalue weighted by molar-refractivity contribution is 7.90. The van der Waals surface area contributed by atoms with Crippen LogP contribution in [0.3, 0.4) is 0 Å². The summed E-state index contributed by atoms with van der Waals surface area (Å²) in [5.41, 5.74) is 0.999. The number of sulfonamides is 1. The van der Waals surface area contributed by atoms with Gasteiger partial charge in [0.15, 0.2) is 0 Å². The van der Waals surface area contributed by atoms with Gasteiger partial charge in [0.2, 0.25) is 5.91 Å². The van der Waals surface area contributed by atoms with Crippen LogP contribution in [-0.2, 0) is 14.8 Å². The Balaban J connectivity index is 1.69. The van der Waals surface area contributed by atoms with Crippen LogP contribution in [0.5, 0.6) is 0 Å². The van der Waals surface area contributed by atoms with Crippen LogP contribution in [0.25, 0.3) is 6.08 Å². The highest BCUT2D eigenvalue weighted by atomic mass is 35.5. The molecule has 2 aromatic rings. The van der Waals surface area contributed by atoms with Gasteiger partial charge in [0.25, 0.3) is 10.0 Å². The number of carbonyl (C=O) groups is 1.